The molecule has 15 heavy (non-hydrogen) atoms. The van der Waals surface area contributed by atoms with E-state index in [2.05, 4.69) is 18.0 Å². The number of rotatable bonds is 5. The predicted octanol–water partition coefficient (Wildman–Crippen LogP) is 3.10. The first-order chi connectivity index (χ1) is 7.20. The van der Waals surface area contributed by atoms with Crippen LogP contribution < -0.4 is 0 Å². The fraction of sp³-hybridized carbons (Fsp3) is 0.636. The molecule has 1 heterocycles. The van der Waals surface area contributed by atoms with Gasteiger partial charge in [0.2, 0.25) is 0 Å². The van der Waals surface area contributed by atoms with Crippen molar-refractivity contribution in [1.29, 1.82) is 5.26 Å². The summed E-state index contributed by atoms with van der Waals surface area (Å²) in [7, 11) is 0. The van der Waals surface area contributed by atoms with Gasteiger partial charge in [0.15, 0.2) is 0 Å². The summed E-state index contributed by atoms with van der Waals surface area (Å²) >= 11 is 6.12. The van der Waals surface area contributed by atoms with Gasteiger partial charge in [0.1, 0.15) is 11.0 Å². The highest BCUT2D eigenvalue weighted by Gasteiger charge is 2.11. The Morgan fingerprint density at radius 2 is 2.27 bits per heavy atom. The summed E-state index contributed by atoms with van der Waals surface area (Å²) < 4.78 is 1.95. The number of hydrogen-bond donors (Lipinski definition) is 0. The molecule has 1 rings (SSSR count). The smallest absolute Gasteiger partial charge is 0.131 e. The molecule has 1 aromatic rings. The molecule has 0 unspecified atom stereocenters. The van der Waals surface area contributed by atoms with E-state index < -0.39 is 0 Å². The molecule has 0 aliphatic carbocycles. The second-order valence-electron chi connectivity index (χ2n) is 3.57. The van der Waals surface area contributed by atoms with Gasteiger partial charge in [0.05, 0.1) is 18.2 Å². The lowest BCUT2D eigenvalue weighted by Crippen LogP contribution is -2.04. The second-order valence-corrected chi connectivity index (χ2v) is 3.93. The minimum atomic E-state index is 0.481. The Morgan fingerprint density at radius 3 is 2.87 bits per heavy atom. The zero-order chi connectivity index (χ0) is 11.3. The molecular weight excluding hydrogens is 210 g/mol. The lowest BCUT2D eigenvalue weighted by Gasteiger charge is -2.05. The van der Waals surface area contributed by atoms with E-state index in [9.17, 15) is 0 Å². The number of aryl methyl sites for hydroxylation is 2. The zero-order valence-electron chi connectivity index (χ0n) is 9.26. The van der Waals surface area contributed by atoms with E-state index >= 15 is 0 Å². The van der Waals surface area contributed by atoms with Gasteiger partial charge in [-0.15, -0.1) is 0 Å². The summed E-state index contributed by atoms with van der Waals surface area (Å²) in [6.45, 7) is 4.70. The first-order valence-corrected chi connectivity index (χ1v) is 5.67. The summed E-state index contributed by atoms with van der Waals surface area (Å²) in [5, 5.41) is 9.24. The molecule has 0 aliphatic heterocycles. The second kappa shape index (κ2) is 5.77. The molecule has 0 radical (unpaired) electrons. The lowest BCUT2D eigenvalue weighted by molar-refractivity contribution is 0.640. The van der Waals surface area contributed by atoms with Gasteiger partial charge < -0.3 is 4.57 Å². The average Bonchev–Trinajstić information content (AvgIpc) is 2.50. The number of aromatic nitrogens is 2. The quantitative estimate of drug-likeness (QED) is 0.773. The third kappa shape index (κ3) is 2.97. The summed E-state index contributed by atoms with van der Waals surface area (Å²) in [4.78, 5) is 4.42. The molecular formula is C11H16ClN3. The maximum absolute atomic E-state index is 8.57. The first kappa shape index (κ1) is 12.1. The highest BCUT2D eigenvalue weighted by atomic mass is 35.5. The van der Waals surface area contributed by atoms with Crippen LogP contribution in [0, 0.1) is 18.3 Å². The van der Waals surface area contributed by atoms with E-state index in [4.69, 9.17) is 16.9 Å². The molecule has 4 heteroatoms. The number of halogens is 1. The van der Waals surface area contributed by atoms with Crippen LogP contribution in [0.1, 0.15) is 37.7 Å². The molecule has 0 fully saturated rings. The fourth-order valence-electron chi connectivity index (χ4n) is 1.52. The van der Waals surface area contributed by atoms with Crippen LogP contribution in [0.4, 0.5) is 0 Å². The van der Waals surface area contributed by atoms with Gasteiger partial charge >= 0.3 is 0 Å². The van der Waals surface area contributed by atoms with Crippen molar-refractivity contribution in [3.63, 3.8) is 0 Å². The maximum atomic E-state index is 8.57. The Morgan fingerprint density at radius 1 is 1.53 bits per heavy atom. The van der Waals surface area contributed by atoms with E-state index in [1.807, 2.05) is 11.5 Å². The third-order valence-corrected chi connectivity index (χ3v) is 2.82. The van der Waals surface area contributed by atoms with Gasteiger partial charge in [0, 0.05) is 13.0 Å². The molecule has 3 nitrogen and oxygen atoms in total. The van der Waals surface area contributed by atoms with Gasteiger partial charge in [-0.25, -0.2) is 4.98 Å². The van der Waals surface area contributed by atoms with Crippen molar-refractivity contribution < 1.29 is 0 Å². The van der Waals surface area contributed by atoms with Crippen LogP contribution in [0.5, 0.6) is 0 Å². The van der Waals surface area contributed by atoms with Crippen molar-refractivity contribution >= 4 is 11.6 Å². The highest BCUT2D eigenvalue weighted by molar-refractivity contribution is 6.30. The maximum Gasteiger partial charge on any atom is 0.131 e. The Bertz CT molecular complexity index is 363. The largest absolute Gasteiger partial charge is 0.318 e. The van der Waals surface area contributed by atoms with Crippen LogP contribution >= 0.6 is 11.6 Å². The predicted molar refractivity (Wildman–Crippen MR) is 60.8 cm³/mol. The van der Waals surface area contributed by atoms with Crippen molar-refractivity contribution in [3.05, 3.63) is 16.7 Å². The average molecular weight is 226 g/mol. The van der Waals surface area contributed by atoms with Crippen LogP contribution in [-0.2, 0) is 13.0 Å². The fourth-order valence-corrected chi connectivity index (χ4v) is 1.75. The number of hydrogen-bond acceptors (Lipinski definition) is 2. The topological polar surface area (TPSA) is 41.6 Å². The molecule has 0 atom stereocenters. The monoisotopic (exact) mass is 225 g/mol. The van der Waals surface area contributed by atoms with Gasteiger partial charge in [-0.2, -0.15) is 5.26 Å². The van der Waals surface area contributed by atoms with Crippen molar-refractivity contribution in [1.82, 2.24) is 9.55 Å². The Hall–Kier alpha value is -1.01. The molecule has 1 aromatic heterocycles. The van der Waals surface area contributed by atoms with Crippen molar-refractivity contribution in [2.24, 2.45) is 0 Å². The van der Waals surface area contributed by atoms with Crippen LogP contribution in [-0.4, -0.2) is 9.55 Å². The molecule has 82 valence electrons. The number of imidazole rings is 1. The summed E-state index contributed by atoms with van der Waals surface area (Å²) in [5.74, 6) is 1.01. The van der Waals surface area contributed by atoms with Gasteiger partial charge in [0.25, 0.3) is 0 Å². The van der Waals surface area contributed by atoms with E-state index in [1.165, 1.54) is 0 Å². The standard InChI is InChI=1S/C11H16ClN3/c1-3-4-6-10-14-9(2)11(12)15(10)8-5-7-13/h3-6,8H2,1-2H3. The van der Waals surface area contributed by atoms with E-state index in [0.29, 0.717) is 18.1 Å². The molecule has 0 amide bonds. The van der Waals surface area contributed by atoms with E-state index in [-0.39, 0.29) is 0 Å². The highest BCUT2D eigenvalue weighted by Crippen LogP contribution is 2.19. The van der Waals surface area contributed by atoms with Gasteiger partial charge in [-0.1, -0.05) is 24.9 Å². The first-order valence-electron chi connectivity index (χ1n) is 5.29. The minimum absolute atomic E-state index is 0.481. The molecule has 0 N–H and O–H groups in total. The Kier molecular flexibility index (Phi) is 4.64. The Labute approximate surface area is 95.7 Å². The van der Waals surface area contributed by atoms with E-state index in [1.54, 1.807) is 0 Å². The van der Waals surface area contributed by atoms with Crippen LogP contribution in [0.2, 0.25) is 5.15 Å². The number of unbranched alkanes of at least 4 members (excludes halogenated alkanes) is 1. The Balaban J connectivity index is 2.84. The van der Waals surface area contributed by atoms with Crippen LogP contribution in [0.15, 0.2) is 0 Å². The van der Waals surface area contributed by atoms with Crippen molar-refractivity contribution in [2.45, 2.75) is 46.1 Å². The third-order valence-electron chi connectivity index (χ3n) is 2.35. The normalized spacial score (nSPS) is 10.3. The van der Waals surface area contributed by atoms with Crippen molar-refractivity contribution in [3.8, 4) is 6.07 Å². The molecule has 0 spiro atoms. The number of nitriles is 1. The van der Waals surface area contributed by atoms with Crippen LogP contribution in [0.25, 0.3) is 0 Å². The minimum Gasteiger partial charge on any atom is -0.318 e. The molecule has 0 saturated heterocycles. The molecule has 0 aliphatic rings. The van der Waals surface area contributed by atoms with Crippen molar-refractivity contribution in [2.75, 3.05) is 0 Å². The molecule has 0 aromatic carbocycles. The summed E-state index contributed by atoms with van der Waals surface area (Å²) in [5.41, 5.74) is 0.862. The zero-order valence-corrected chi connectivity index (χ0v) is 10.0. The van der Waals surface area contributed by atoms with Crippen LogP contribution in [0.3, 0.4) is 0 Å². The SMILES string of the molecule is CCCCc1nc(C)c(Cl)n1CCC#N. The van der Waals surface area contributed by atoms with Gasteiger partial charge in [-0.05, 0) is 13.3 Å². The van der Waals surface area contributed by atoms with E-state index in [0.717, 1.165) is 30.8 Å². The molecule has 0 saturated carbocycles. The summed E-state index contributed by atoms with van der Waals surface area (Å²) in [6, 6.07) is 2.13. The summed E-state index contributed by atoms with van der Waals surface area (Å²) in [6.07, 6.45) is 3.67. The van der Waals surface area contributed by atoms with Gasteiger partial charge in [-0.3, -0.25) is 0 Å². The molecule has 0 bridgehead atoms. The number of nitrogens with zero attached hydrogens (tertiary/aromatic N) is 3. The lowest BCUT2D eigenvalue weighted by atomic mass is 10.2.